The molecule has 7 nitrogen and oxygen atoms in total. The number of hydrogen-bond acceptors (Lipinski definition) is 6. The van der Waals surface area contributed by atoms with E-state index >= 15 is 0 Å². The summed E-state index contributed by atoms with van der Waals surface area (Å²) in [7, 11) is 3.44. The van der Waals surface area contributed by atoms with Crippen LogP contribution in [0.15, 0.2) is 18.3 Å². The smallest absolute Gasteiger partial charge is 0.291 e. The second kappa shape index (κ2) is 8.00. The van der Waals surface area contributed by atoms with Crippen LogP contribution in [0.25, 0.3) is 0 Å². The molecule has 0 aliphatic carbocycles. The van der Waals surface area contributed by atoms with Gasteiger partial charge in [-0.2, -0.15) is 0 Å². The number of carbonyl (C=O) groups excluding carboxylic acids is 1. The van der Waals surface area contributed by atoms with Crippen molar-refractivity contribution in [2.24, 2.45) is 0 Å². The zero-order valence-corrected chi connectivity index (χ0v) is 16.8. The summed E-state index contributed by atoms with van der Waals surface area (Å²) in [6.07, 6.45) is 2.93. The van der Waals surface area contributed by atoms with Crippen LogP contribution in [0.1, 0.15) is 39.6 Å². The highest BCUT2D eigenvalue weighted by Gasteiger charge is 2.26. The van der Waals surface area contributed by atoms with Crippen molar-refractivity contribution in [3.63, 3.8) is 0 Å². The van der Waals surface area contributed by atoms with Crippen molar-refractivity contribution in [3.05, 3.63) is 46.7 Å². The van der Waals surface area contributed by atoms with Crippen LogP contribution >= 0.6 is 0 Å². The highest BCUT2D eigenvalue weighted by molar-refractivity contribution is 5.90. The number of hydrogen-bond donors (Lipinski definition) is 1. The second-order valence-corrected chi connectivity index (χ2v) is 7.42. The van der Waals surface area contributed by atoms with E-state index in [1.807, 2.05) is 27.0 Å². The summed E-state index contributed by atoms with van der Waals surface area (Å²) in [6.45, 7) is 8.52. The van der Waals surface area contributed by atoms with Gasteiger partial charge >= 0.3 is 0 Å². The van der Waals surface area contributed by atoms with Gasteiger partial charge in [0.05, 0.1) is 5.69 Å². The summed E-state index contributed by atoms with van der Waals surface area (Å²) in [5, 5.41) is 3.58. The molecule has 1 fully saturated rings. The first kappa shape index (κ1) is 19.2. The van der Waals surface area contributed by atoms with Crippen molar-refractivity contribution in [2.75, 3.05) is 32.1 Å². The summed E-state index contributed by atoms with van der Waals surface area (Å²) < 4.78 is 0. The quantitative estimate of drug-likeness (QED) is 0.868. The molecule has 2 aromatic heterocycles. The largest absolute Gasteiger partial charge is 0.355 e. The minimum Gasteiger partial charge on any atom is -0.355 e. The summed E-state index contributed by atoms with van der Waals surface area (Å²) in [5.74, 6) is 0.961. The highest BCUT2D eigenvalue weighted by Crippen LogP contribution is 2.24. The molecule has 3 heterocycles. The molecule has 0 aromatic carbocycles. The summed E-state index contributed by atoms with van der Waals surface area (Å²) in [6, 6.07) is 4.52. The number of pyridine rings is 1. The minimum absolute atomic E-state index is 0.168. The molecule has 0 spiro atoms. The van der Waals surface area contributed by atoms with Crippen LogP contribution in [-0.4, -0.2) is 59.0 Å². The fourth-order valence-corrected chi connectivity index (χ4v) is 3.19. The Morgan fingerprint density at radius 1 is 1.26 bits per heavy atom. The van der Waals surface area contributed by atoms with E-state index in [1.165, 1.54) is 10.5 Å². The molecule has 7 heteroatoms. The molecule has 27 heavy (non-hydrogen) atoms. The Bertz CT molecular complexity index is 818. The highest BCUT2D eigenvalue weighted by atomic mass is 16.2. The minimum atomic E-state index is -0.168. The second-order valence-electron chi connectivity index (χ2n) is 7.42. The van der Waals surface area contributed by atoms with Crippen LogP contribution in [0.2, 0.25) is 0 Å². The van der Waals surface area contributed by atoms with E-state index in [-0.39, 0.29) is 11.7 Å². The first-order valence-corrected chi connectivity index (χ1v) is 9.32. The Hall–Kier alpha value is -2.54. The average molecular weight is 368 g/mol. The van der Waals surface area contributed by atoms with Crippen molar-refractivity contribution in [2.45, 2.75) is 39.8 Å². The zero-order chi connectivity index (χ0) is 19.6. The van der Waals surface area contributed by atoms with Gasteiger partial charge in [0.25, 0.3) is 5.91 Å². The first-order valence-electron chi connectivity index (χ1n) is 9.32. The van der Waals surface area contributed by atoms with Gasteiger partial charge in [0.15, 0.2) is 0 Å². The van der Waals surface area contributed by atoms with Gasteiger partial charge in [0.1, 0.15) is 5.82 Å². The van der Waals surface area contributed by atoms with Crippen molar-refractivity contribution >= 4 is 11.7 Å². The SMILES string of the molecule is Cc1ccc(CN[C@@H]2CCN(c3nc(C(=O)N(C)C)nc(C)c3C)C2)nc1. The van der Waals surface area contributed by atoms with E-state index in [4.69, 9.17) is 0 Å². The van der Waals surface area contributed by atoms with Crippen molar-refractivity contribution in [1.82, 2.24) is 25.2 Å². The lowest BCUT2D eigenvalue weighted by Gasteiger charge is -2.22. The molecule has 3 rings (SSSR count). The van der Waals surface area contributed by atoms with Gasteiger partial charge < -0.3 is 15.1 Å². The molecule has 0 bridgehead atoms. The fraction of sp³-hybridized carbons (Fsp3) is 0.500. The third-order valence-electron chi connectivity index (χ3n) is 4.99. The van der Waals surface area contributed by atoms with Gasteiger partial charge in [-0.25, -0.2) is 9.97 Å². The zero-order valence-electron chi connectivity index (χ0n) is 16.8. The van der Waals surface area contributed by atoms with Gasteiger partial charge in [-0.3, -0.25) is 9.78 Å². The van der Waals surface area contributed by atoms with Crippen LogP contribution in [0.4, 0.5) is 5.82 Å². The van der Waals surface area contributed by atoms with Crippen molar-refractivity contribution in [3.8, 4) is 0 Å². The van der Waals surface area contributed by atoms with Crippen LogP contribution in [0.3, 0.4) is 0 Å². The number of rotatable bonds is 5. The van der Waals surface area contributed by atoms with Crippen LogP contribution in [-0.2, 0) is 6.54 Å². The molecule has 1 saturated heterocycles. The van der Waals surface area contributed by atoms with Crippen molar-refractivity contribution in [1.29, 1.82) is 0 Å². The molecule has 1 amide bonds. The maximum absolute atomic E-state index is 12.3. The monoisotopic (exact) mass is 368 g/mol. The number of aryl methyl sites for hydroxylation is 2. The number of nitrogens with zero attached hydrogens (tertiary/aromatic N) is 5. The maximum Gasteiger partial charge on any atom is 0.291 e. The summed E-state index contributed by atoms with van der Waals surface area (Å²) in [4.78, 5) is 29.5. The Kier molecular flexibility index (Phi) is 5.70. The molecule has 0 saturated carbocycles. The van der Waals surface area contributed by atoms with E-state index in [1.54, 1.807) is 14.1 Å². The predicted octanol–water partition coefficient (Wildman–Crippen LogP) is 1.87. The number of amides is 1. The summed E-state index contributed by atoms with van der Waals surface area (Å²) >= 11 is 0. The van der Waals surface area contributed by atoms with E-state index < -0.39 is 0 Å². The molecule has 1 aliphatic heterocycles. The van der Waals surface area contributed by atoms with Gasteiger partial charge in [-0.1, -0.05) is 6.07 Å². The molecule has 1 atom stereocenters. The number of anilines is 1. The van der Waals surface area contributed by atoms with E-state index in [2.05, 4.69) is 37.3 Å². The first-order chi connectivity index (χ1) is 12.8. The molecule has 0 unspecified atom stereocenters. The lowest BCUT2D eigenvalue weighted by Crippen LogP contribution is -2.33. The van der Waals surface area contributed by atoms with Gasteiger partial charge in [-0.05, 0) is 38.8 Å². The van der Waals surface area contributed by atoms with Crippen LogP contribution in [0, 0.1) is 20.8 Å². The van der Waals surface area contributed by atoms with Crippen LogP contribution < -0.4 is 10.2 Å². The Morgan fingerprint density at radius 2 is 2.04 bits per heavy atom. The molecule has 144 valence electrons. The van der Waals surface area contributed by atoms with Crippen LogP contribution in [0.5, 0.6) is 0 Å². The standard InChI is InChI=1S/C20H28N6O/c1-13-6-7-16(21-10-13)11-22-17-8-9-26(12-17)19-14(2)15(3)23-18(24-19)20(27)25(4)5/h6-7,10,17,22H,8-9,11-12H2,1-5H3/t17-/m1/s1. The normalized spacial score (nSPS) is 16.6. The Labute approximate surface area is 160 Å². The summed E-state index contributed by atoms with van der Waals surface area (Å²) in [5.41, 5.74) is 4.10. The topological polar surface area (TPSA) is 74.2 Å². The Balaban J connectivity index is 1.69. The molecule has 1 aliphatic rings. The van der Waals surface area contributed by atoms with E-state index in [0.29, 0.717) is 6.04 Å². The predicted molar refractivity (Wildman–Crippen MR) is 106 cm³/mol. The average Bonchev–Trinajstić information content (AvgIpc) is 3.11. The van der Waals surface area contributed by atoms with E-state index in [0.717, 1.165) is 48.8 Å². The van der Waals surface area contributed by atoms with Gasteiger partial charge in [-0.15, -0.1) is 0 Å². The Morgan fingerprint density at radius 3 is 2.70 bits per heavy atom. The third-order valence-corrected chi connectivity index (χ3v) is 4.99. The van der Waals surface area contributed by atoms with Gasteiger partial charge in [0, 0.05) is 57.2 Å². The third kappa shape index (κ3) is 4.42. The molecule has 1 N–H and O–H groups in total. The number of aromatic nitrogens is 3. The molecule has 2 aromatic rings. The van der Waals surface area contributed by atoms with E-state index in [9.17, 15) is 4.79 Å². The number of nitrogens with one attached hydrogen (secondary N) is 1. The maximum atomic E-state index is 12.3. The molecular weight excluding hydrogens is 340 g/mol. The lowest BCUT2D eigenvalue weighted by atomic mass is 10.2. The van der Waals surface area contributed by atoms with Crippen molar-refractivity contribution < 1.29 is 4.79 Å². The molecular formula is C20H28N6O. The lowest BCUT2D eigenvalue weighted by molar-refractivity contribution is 0.0815. The molecule has 0 radical (unpaired) electrons. The number of carbonyl (C=O) groups is 1. The fourth-order valence-electron chi connectivity index (χ4n) is 3.19. The van der Waals surface area contributed by atoms with Gasteiger partial charge in [0.2, 0.25) is 5.82 Å².